The van der Waals surface area contributed by atoms with Crippen LogP contribution in [0.15, 0.2) is 34.8 Å². The molecule has 0 amide bonds. The van der Waals surface area contributed by atoms with E-state index in [1.54, 1.807) is 24.6 Å². The molecule has 20 heavy (non-hydrogen) atoms. The van der Waals surface area contributed by atoms with Crippen LogP contribution in [0.2, 0.25) is 0 Å². The smallest absolute Gasteiger partial charge is 0.194 e. The summed E-state index contributed by atoms with van der Waals surface area (Å²) in [4.78, 5) is 12.8. The van der Waals surface area contributed by atoms with E-state index >= 15 is 0 Å². The first-order valence-corrected chi connectivity index (χ1v) is 7.02. The van der Waals surface area contributed by atoms with Crippen molar-refractivity contribution in [2.45, 2.75) is 19.6 Å². The van der Waals surface area contributed by atoms with Gasteiger partial charge in [0.15, 0.2) is 5.96 Å². The molecule has 0 fully saturated rings. The fourth-order valence-electron chi connectivity index (χ4n) is 1.46. The standard InChI is InChI=1S/C13H17N5OS/c1-9(19-2)12-17-10(8-20-12)7-16-13(14)18-11-5-3-4-6-15-11/h3-6,8-9H,7H2,1-2H3,(H3,14,15,16,18). The molecule has 0 aromatic carbocycles. The Morgan fingerprint density at radius 3 is 3.10 bits per heavy atom. The van der Waals surface area contributed by atoms with Gasteiger partial charge in [-0.25, -0.2) is 15.0 Å². The molecule has 2 rings (SSSR count). The number of pyridine rings is 1. The molecule has 0 aliphatic rings. The summed E-state index contributed by atoms with van der Waals surface area (Å²) in [6.07, 6.45) is 1.69. The molecule has 0 spiro atoms. The number of guanidine groups is 1. The van der Waals surface area contributed by atoms with Gasteiger partial charge in [0, 0.05) is 18.7 Å². The second kappa shape index (κ2) is 6.97. The van der Waals surface area contributed by atoms with Crippen molar-refractivity contribution in [3.05, 3.63) is 40.5 Å². The van der Waals surface area contributed by atoms with Crippen molar-refractivity contribution in [1.29, 1.82) is 0 Å². The molecule has 2 heterocycles. The Kier molecular flexibility index (Phi) is 5.03. The number of hydrogen-bond donors (Lipinski definition) is 2. The van der Waals surface area contributed by atoms with Crippen molar-refractivity contribution in [2.24, 2.45) is 10.7 Å². The predicted molar refractivity (Wildman–Crippen MR) is 80.7 cm³/mol. The van der Waals surface area contributed by atoms with Gasteiger partial charge in [-0.15, -0.1) is 11.3 Å². The third kappa shape index (κ3) is 4.01. The first-order valence-electron chi connectivity index (χ1n) is 6.14. The van der Waals surface area contributed by atoms with Gasteiger partial charge >= 0.3 is 0 Å². The fraction of sp³-hybridized carbons (Fsp3) is 0.308. The third-order valence-electron chi connectivity index (χ3n) is 2.60. The highest BCUT2D eigenvalue weighted by Gasteiger charge is 2.08. The normalized spacial score (nSPS) is 13.2. The van der Waals surface area contributed by atoms with E-state index in [9.17, 15) is 0 Å². The zero-order valence-electron chi connectivity index (χ0n) is 11.4. The highest BCUT2D eigenvalue weighted by Crippen LogP contribution is 2.20. The van der Waals surface area contributed by atoms with Crippen LogP contribution in [-0.2, 0) is 11.3 Å². The quantitative estimate of drug-likeness (QED) is 0.651. The molecule has 0 saturated carbocycles. The molecule has 106 valence electrons. The number of rotatable bonds is 5. The van der Waals surface area contributed by atoms with Crippen molar-refractivity contribution in [3.8, 4) is 0 Å². The number of methoxy groups -OCH3 is 1. The zero-order chi connectivity index (χ0) is 14.4. The summed E-state index contributed by atoms with van der Waals surface area (Å²) in [5.74, 6) is 0.985. The third-order valence-corrected chi connectivity index (χ3v) is 3.66. The number of nitrogens with zero attached hydrogens (tertiary/aromatic N) is 3. The number of hydrogen-bond acceptors (Lipinski definition) is 5. The molecular weight excluding hydrogens is 274 g/mol. The summed E-state index contributed by atoms with van der Waals surface area (Å²) in [6, 6.07) is 5.54. The number of aromatic nitrogens is 2. The Labute approximate surface area is 121 Å². The average molecular weight is 291 g/mol. The summed E-state index contributed by atoms with van der Waals surface area (Å²) in [5.41, 5.74) is 6.67. The van der Waals surface area contributed by atoms with Crippen LogP contribution in [0, 0.1) is 0 Å². The average Bonchev–Trinajstić information content (AvgIpc) is 2.94. The molecule has 2 aromatic rings. The van der Waals surface area contributed by atoms with Crippen LogP contribution in [0.1, 0.15) is 23.7 Å². The van der Waals surface area contributed by atoms with Gasteiger partial charge in [-0.05, 0) is 19.1 Å². The van der Waals surface area contributed by atoms with E-state index in [-0.39, 0.29) is 6.10 Å². The lowest BCUT2D eigenvalue weighted by atomic mass is 10.4. The van der Waals surface area contributed by atoms with Crippen molar-refractivity contribution in [3.63, 3.8) is 0 Å². The van der Waals surface area contributed by atoms with Crippen LogP contribution in [0.4, 0.5) is 5.82 Å². The molecule has 0 bridgehead atoms. The summed E-state index contributed by atoms with van der Waals surface area (Å²) in [5, 5.41) is 5.82. The van der Waals surface area contributed by atoms with Gasteiger partial charge in [-0.2, -0.15) is 0 Å². The largest absolute Gasteiger partial charge is 0.375 e. The second-order valence-corrected chi connectivity index (χ2v) is 4.99. The van der Waals surface area contributed by atoms with Crippen LogP contribution in [0.3, 0.4) is 0 Å². The van der Waals surface area contributed by atoms with Crippen LogP contribution in [0.5, 0.6) is 0 Å². The minimum absolute atomic E-state index is 0.00159. The topological polar surface area (TPSA) is 85.4 Å². The summed E-state index contributed by atoms with van der Waals surface area (Å²) >= 11 is 1.56. The lowest BCUT2D eigenvalue weighted by molar-refractivity contribution is 0.119. The van der Waals surface area contributed by atoms with Crippen LogP contribution in [0.25, 0.3) is 0 Å². The predicted octanol–water partition coefficient (Wildman–Crippen LogP) is 2.17. The van der Waals surface area contributed by atoms with Crippen molar-refractivity contribution >= 4 is 23.1 Å². The maximum Gasteiger partial charge on any atom is 0.194 e. The van der Waals surface area contributed by atoms with Crippen LogP contribution >= 0.6 is 11.3 Å². The van der Waals surface area contributed by atoms with Gasteiger partial charge in [0.05, 0.1) is 12.2 Å². The highest BCUT2D eigenvalue weighted by atomic mass is 32.1. The number of nitrogens with one attached hydrogen (secondary N) is 1. The number of aliphatic imine (C=N–C) groups is 1. The summed E-state index contributed by atoms with van der Waals surface area (Å²) < 4.78 is 5.22. The molecular formula is C13H17N5OS. The van der Waals surface area contributed by atoms with E-state index in [1.165, 1.54) is 0 Å². The SMILES string of the molecule is COC(C)c1nc(CN=C(N)Nc2ccccn2)cs1. The van der Waals surface area contributed by atoms with Crippen LogP contribution < -0.4 is 11.1 Å². The maximum absolute atomic E-state index is 5.80. The van der Waals surface area contributed by atoms with Gasteiger partial charge in [0.2, 0.25) is 0 Å². The van der Waals surface area contributed by atoms with E-state index < -0.39 is 0 Å². The molecule has 1 atom stereocenters. The second-order valence-electron chi connectivity index (χ2n) is 4.10. The maximum atomic E-state index is 5.80. The Morgan fingerprint density at radius 2 is 2.40 bits per heavy atom. The summed E-state index contributed by atoms with van der Waals surface area (Å²) in [6.45, 7) is 2.39. The van der Waals surface area contributed by atoms with E-state index in [0.29, 0.717) is 18.3 Å². The molecule has 0 aliphatic heterocycles. The lowest BCUT2D eigenvalue weighted by Gasteiger charge is -2.04. The first-order chi connectivity index (χ1) is 9.69. The molecule has 0 radical (unpaired) electrons. The van der Waals surface area contributed by atoms with Gasteiger partial charge in [0.25, 0.3) is 0 Å². The van der Waals surface area contributed by atoms with Gasteiger partial charge in [0.1, 0.15) is 16.9 Å². The Hall–Kier alpha value is -1.99. The Bertz CT molecular complexity index is 569. The Balaban J connectivity index is 1.93. The van der Waals surface area contributed by atoms with Crippen molar-refractivity contribution in [2.75, 3.05) is 12.4 Å². The molecule has 7 heteroatoms. The van der Waals surface area contributed by atoms with E-state index in [2.05, 4.69) is 20.3 Å². The van der Waals surface area contributed by atoms with Crippen molar-refractivity contribution in [1.82, 2.24) is 9.97 Å². The van der Waals surface area contributed by atoms with Gasteiger partial charge in [-0.3, -0.25) is 0 Å². The number of anilines is 1. The van der Waals surface area contributed by atoms with Crippen molar-refractivity contribution < 1.29 is 4.74 Å². The lowest BCUT2D eigenvalue weighted by Crippen LogP contribution is -2.23. The first kappa shape index (κ1) is 14.4. The number of thiazole rings is 1. The number of ether oxygens (including phenoxy) is 1. The summed E-state index contributed by atoms with van der Waals surface area (Å²) in [7, 11) is 1.67. The molecule has 0 saturated heterocycles. The zero-order valence-corrected chi connectivity index (χ0v) is 12.2. The fourth-order valence-corrected chi connectivity index (χ4v) is 2.30. The minimum Gasteiger partial charge on any atom is -0.375 e. The minimum atomic E-state index is 0.00159. The van der Waals surface area contributed by atoms with Crippen LogP contribution in [-0.4, -0.2) is 23.0 Å². The van der Waals surface area contributed by atoms with Gasteiger partial charge < -0.3 is 15.8 Å². The highest BCUT2D eigenvalue weighted by molar-refractivity contribution is 7.09. The van der Waals surface area contributed by atoms with E-state index in [1.807, 2.05) is 30.5 Å². The van der Waals surface area contributed by atoms with E-state index in [0.717, 1.165) is 10.7 Å². The molecule has 6 nitrogen and oxygen atoms in total. The van der Waals surface area contributed by atoms with E-state index in [4.69, 9.17) is 10.5 Å². The number of nitrogens with two attached hydrogens (primary N) is 1. The molecule has 1 unspecified atom stereocenters. The molecule has 2 aromatic heterocycles. The Morgan fingerprint density at radius 1 is 1.55 bits per heavy atom. The molecule has 0 aliphatic carbocycles. The monoisotopic (exact) mass is 291 g/mol. The van der Waals surface area contributed by atoms with Gasteiger partial charge in [-0.1, -0.05) is 6.07 Å². The molecule has 3 N–H and O–H groups in total.